The zero-order chi connectivity index (χ0) is 14.7. The molecular formula is C20H20O. The predicted octanol–water partition coefficient (Wildman–Crippen LogP) is 5.56. The van der Waals surface area contributed by atoms with E-state index in [1.807, 2.05) is 24.3 Å². The highest BCUT2D eigenvalue weighted by Crippen LogP contribution is 2.37. The van der Waals surface area contributed by atoms with Crippen LogP contribution in [0.25, 0.3) is 21.9 Å². The van der Waals surface area contributed by atoms with Crippen LogP contribution in [-0.2, 0) is 6.42 Å². The zero-order valence-electron chi connectivity index (χ0n) is 12.3. The number of unbranched alkanes of at least 4 members (excludes halogenated alkanes) is 1. The lowest BCUT2D eigenvalue weighted by Gasteiger charge is -2.13. The Morgan fingerprint density at radius 1 is 0.857 bits per heavy atom. The summed E-state index contributed by atoms with van der Waals surface area (Å²) >= 11 is 0. The molecule has 0 aliphatic carbocycles. The van der Waals surface area contributed by atoms with Crippen LogP contribution in [-0.4, -0.2) is 5.11 Å². The molecule has 0 unspecified atom stereocenters. The summed E-state index contributed by atoms with van der Waals surface area (Å²) in [6, 6.07) is 20.7. The smallest absolute Gasteiger partial charge is 0.126 e. The Morgan fingerprint density at radius 3 is 2.24 bits per heavy atom. The van der Waals surface area contributed by atoms with Gasteiger partial charge in [0.15, 0.2) is 0 Å². The van der Waals surface area contributed by atoms with Crippen molar-refractivity contribution in [3.63, 3.8) is 0 Å². The molecule has 3 aromatic carbocycles. The van der Waals surface area contributed by atoms with E-state index in [1.54, 1.807) is 0 Å². The van der Waals surface area contributed by atoms with Gasteiger partial charge in [0.25, 0.3) is 0 Å². The van der Waals surface area contributed by atoms with Gasteiger partial charge in [0.05, 0.1) is 0 Å². The number of phenols is 1. The van der Waals surface area contributed by atoms with Crippen molar-refractivity contribution >= 4 is 10.8 Å². The first-order valence-corrected chi connectivity index (χ1v) is 7.60. The van der Waals surface area contributed by atoms with E-state index in [2.05, 4.69) is 43.3 Å². The second-order valence-corrected chi connectivity index (χ2v) is 5.45. The molecule has 1 heteroatoms. The van der Waals surface area contributed by atoms with Crippen LogP contribution in [0.3, 0.4) is 0 Å². The number of hydrogen-bond acceptors (Lipinski definition) is 1. The lowest BCUT2D eigenvalue weighted by atomic mass is 9.93. The minimum absolute atomic E-state index is 0.443. The first kappa shape index (κ1) is 13.7. The van der Waals surface area contributed by atoms with Crippen molar-refractivity contribution in [1.29, 1.82) is 0 Å². The van der Waals surface area contributed by atoms with E-state index >= 15 is 0 Å². The van der Waals surface area contributed by atoms with Gasteiger partial charge in [-0.1, -0.05) is 67.9 Å². The third kappa shape index (κ3) is 2.64. The number of phenolic OH excluding ortho intramolecular Hbond substituents is 1. The number of benzene rings is 3. The zero-order valence-corrected chi connectivity index (χ0v) is 12.3. The third-order valence-electron chi connectivity index (χ3n) is 3.98. The standard InChI is InChI=1S/C20H20O/c1-2-3-9-16-14-19(15-10-5-4-6-11-15)17-12-7-8-13-18(17)20(16)21/h4-8,10-14,21H,2-3,9H2,1H3. The summed E-state index contributed by atoms with van der Waals surface area (Å²) in [5.41, 5.74) is 3.45. The van der Waals surface area contributed by atoms with Crippen LogP contribution < -0.4 is 0 Å². The second kappa shape index (κ2) is 6.01. The maximum atomic E-state index is 10.5. The Kier molecular flexibility index (Phi) is 3.92. The van der Waals surface area contributed by atoms with Gasteiger partial charge in [0, 0.05) is 5.39 Å². The summed E-state index contributed by atoms with van der Waals surface area (Å²) in [5.74, 6) is 0.443. The van der Waals surface area contributed by atoms with E-state index in [-0.39, 0.29) is 0 Å². The van der Waals surface area contributed by atoms with Crippen molar-refractivity contribution in [3.05, 3.63) is 66.2 Å². The minimum Gasteiger partial charge on any atom is -0.507 e. The summed E-state index contributed by atoms with van der Waals surface area (Å²) in [5, 5.41) is 12.6. The number of fused-ring (bicyclic) bond motifs is 1. The van der Waals surface area contributed by atoms with E-state index in [4.69, 9.17) is 0 Å². The van der Waals surface area contributed by atoms with Gasteiger partial charge in [-0.05, 0) is 41.0 Å². The Morgan fingerprint density at radius 2 is 1.52 bits per heavy atom. The van der Waals surface area contributed by atoms with E-state index < -0.39 is 0 Å². The Labute approximate surface area is 125 Å². The van der Waals surface area contributed by atoms with Crippen molar-refractivity contribution in [2.75, 3.05) is 0 Å². The molecule has 21 heavy (non-hydrogen) atoms. The molecule has 0 radical (unpaired) electrons. The number of hydrogen-bond donors (Lipinski definition) is 1. The average Bonchev–Trinajstić information content (AvgIpc) is 2.55. The summed E-state index contributed by atoms with van der Waals surface area (Å²) < 4.78 is 0. The van der Waals surface area contributed by atoms with Gasteiger partial charge in [-0.25, -0.2) is 0 Å². The molecule has 0 amide bonds. The molecular weight excluding hydrogens is 256 g/mol. The van der Waals surface area contributed by atoms with Crippen LogP contribution >= 0.6 is 0 Å². The fourth-order valence-electron chi connectivity index (χ4n) is 2.83. The quantitative estimate of drug-likeness (QED) is 0.662. The maximum absolute atomic E-state index is 10.5. The van der Waals surface area contributed by atoms with Crippen LogP contribution in [0.15, 0.2) is 60.7 Å². The molecule has 3 rings (SSSR count). The number of aromatic hydroxyl groups is 1. The molecule has 0 aromatic heterocycles. The minimum atomic E-state index is 0.443. The summed E-state index contributed by atoms with van der Waals surface area (Å²) in [6.45, 7) is 2.18. The Balaban J connectivity index is 2.25. The van der Waals surface area contributed by atoms with Crippen LogP contribution in [0.5, 0.6) is 5.75 Å². The SMILES string of the molecule is CCCCc1cc(-c2ccccc2)c2ccccc2c1O. The summed E-state index contributed by atoms with van der Waals surface area (Å²) in [7, 11) is 0. The molecule has 0 saturated heterocycles. The van der Waals surface area contributed by atoms with Gasteiger partial charge in [0.1, 0.15) is 5.75 Å². The monoisotopic (exact) mass is 276 g/mol. The van der Waals surface area contributed by atoms with Gasteiger partial charge in [0.2, 0.25) is 0 Å². The topological polar surface area (TPSA) is 20.2 Å². The van der Waals surface area contributed by atoms with E-state index in [1.165, 1.54) is 11.1 Å². The second-order valence-electron chi connectivity index (χ2n) is 5.45. The predicted molar refractivity (Wildman–Crippen MR) is 89.7 cm³/mol. The summed E-state index contributed by atoms with van der Waals surface area (Å²) in [4.78, 5) is 0. The lowest BCUT2D eigenvalue weighted by Crippen LogP contribution is -1.90. The van der Waals surface area contributed by atoms with E-state index in [9.17, 15) is 5.11 Å². The van der Waals surface area contributed by atoms with Crippen LogP contribution in [0.1, 0.15) is 25.3 Å². The molecule has 0 atom stereocenters. The van der Waals surface area contributed by atoms with Gasteiger partial charge in [-0.2, -0.15) is 0 Å². The highest BCUT2D eigenvalue weighted by atomic mass is 16.3. The van der Waals surface area contributed by atoms with Crippen LogP contribution in [0.4, 0.5) is 0 Å². The molecule has 0 spiro atoms. The van der Waals surface area contributed by atoms with E-state index in [0.29, 0.717) is 5.75 Å². The van der Waals surface area contributed by atoms with E-state index in [0.717, 1.165) is 35.6 Å². The highest BCUT2D eigenvalue weighted by Gasteiger charge is 2.11. The van der Waals surface area contributed by atoms with Crippen LogP contribution in [0.2, 0.25) is 0 Å². The van der Waals surface area contributed by atoms with Crippen molar-refractivity contribution in [2.24, 2.45) is 0 Å². The lowest BCUT2D eigenvalue weighted by molar-refractivity contribution is 0.473. The molecule has 0 aliphatic rings. The van der Waals surface area contributed by atoms with Crippen molar-refractivity contribution in [1.82, 2.24) is 0 Å². The molecule has 0 heterocycles. The van der Waals surface area contributed by atoms with Crippen molar-refractivity contribution in [2.45, 2.75) is 26.2 Å². The van der Waals surface area contributed by atoms with Gasteiger partial charge < -0.3 is 5.11 Å². The number of rotatable bonds is 4. The molecule has 3 aromatic rings. The van der Waals surface area contributed by atoms with Crippen LogP contribution in [0, 0.1) is 0 Å². The summed E-state index contributed by atoms with van der Waals surface area (Å²) in [6.07, 6.45) is 3.15. The highest BCUT2D eigenvalue weighted by molar-refractivity contribution is 6.00. The van der Waals surface area contributed by atoms with Gasteiger partial charge >= 0.3 is 0 Å². The number of aryl methyl sites for hydroxylation is 1. The average molecular weight is 276 g/mol. The van der Waals surface area contributed by atoms with Crippen molar-refractivity contribution < 1.29 is 5.11 Å². The first-order chi connectivity index (χ1) is 10.3. The van der Waals surface area contributed by atoms with Gasteiger partial charge in [-0.15, -0.1) is 0 Å². The largest absolute Gasteiger partial charge is 0.507 e. The maximum Gasteiger partial charge on any atom is 0.126 e. The molecule has 0 saturated carbocycles. The molecule has 0 aliphatic heterocycles. The molecule has 106 valence electrons. The normalized spacial score (nSPS) is 10.9. The fourth-order valence-corrected chi connectivity index (χ4v) is 2.83. The molecule has 0 fully saturated rings. The molecule has 1 N–H and O–H groups in total. The molecule has 0 bridgehead atoms. The van der Waals surface area contributed by atoms with Gasteiger partial charge in [-0.3, -0.25) is 0 Å². The third-order valence-corrected chi connectivity index (χ3v) is 3.98. The molecule has 1 nitrogen and oxygen atoms in total. The van der Waals surface area contributed by atoms with Crippen molar-refractivity contribution in [3.8, 4) is 16.9 Å². The fraction of sp³-hybridized carbons (Fsp3) is 0.200. The Bertz CT molecular complexity index is 744. The first-order valence-electron chi connectivity index (χ1n) is 7.60. The Hall–Kier alpha value is -2.28.